The second kappa shape index (κ2) is 7.35. The van der Waals surface area contributed by atoms with E-state index in [0.717, 1.165) is 11.5 Å². The normalized spacial score (nSPS) is 13.5. The summed E-state index contributed by atoms with van der Waals surface area (Å²) in [6.45, 7) is 2.01. The summed E-state index contributed by atoms with van der Waals surface area (Å²) in [6, 6.07) is 0. The number of halogens is 1. The third-order valence-corrected chi connectivity index (χ3v) is 2.52. The second-order valence-electron chi connectivity index (χ2n) is 2.41. The number of hydrogen-bond donors (Lipinski definition) is 1. The van der Waals surface area contributed by atoms with Gasteiger partial charge in [-0.25, -0.2) is 0 Å². The average molecular weight is 166 g/mol. The van der Waals surface area contributed by atoms with Gasteiger partial charge >= 0.3 is 0 Å². The first kappa shape index (κ1) is 10.2. The lowest BCUT2D eigenvalue weighted by Crippen LogP contribution is -2.03. The largest absolute Gasteiger partial charge is 0.396 e. The molecule has 0 spiro atoms. The summed E-state index contributed by atoms with van der Waals surface area (Å²) in [7, 11) is 0. The van der Waals surface area contributed by atoms with E-state index in [2.05, 4.69) is 0 Å². The van der Waals surface area contributed by atoms with Crippen molar-refractivity contribution >= 4 is 11.8 Å². The predicted octanol–water partition coefficient (Wildman–Crippen LogP) is 1.71. The molecule has 0 amide bonds. The van der Waals surface area contributed by atoms with Crippen molar-refractivity contribution in [3.8, 4) is 0 Å². The van der Waals surface area contributed by atoms with E-state index in [4.69, 9.17) is 5.11 Å². The van der Waals surface area contributed by atoms with E-state index in [1.807, 2.05) is 6.92 Å². The van der Waals surface area contributed by atoms with Crippen molar-refractivity contribution in [1.29, 1.82) is 0 Å². The summed E-state index contributed by atoms with van der Waals surface area (Å²) in [5.74, 6) is 2.17. The topological polar surface area (TPSA) is 20.2 Å². The molecule has 0 fully saturated rings. The zero-order valence-electron chi connectivity index (χ0n) is 6.35. The second-order valence-corrected chi connectivity index (χ2v) is 3.56. The van der Waals surface area contributed by atoms with Gasteiger partial charge in [-0.3, -0.25) is 4.39 Å². The number of aliphatic hydroxyl groups excluding tert-OH is 1. The van der Waals surface area contributed by atoms with Gasteiger partial charge in [0.15, 0.2) is 0 Å². The van der Waals surface area contributed by atoms with Gasteiger partial charge in [0.2, 0.25) is 0 Å². The SMILES string of the molecule is CC(CO)CSCCCF. The minimum atomic E-state index is -0.222. The highest BCUT2D eigenvalue weighted by Gasteiger charge is 1.98. The molecular formula is C7H15FOS. The third-order valence-electron chi connectivity index (χ3n) is 1.14. The standard InChI is InChI=1S/C7H15FOS/c1-7(5-9)6-10-4-2-3-8/h7,9H,2-6H2,1H3. The quantitative estimate of drug-likeness (QED) is 0.606. The maximum Gasteiger partial charge on any atom is 0.0902 e. The Balaban J connectivity index is 2.89. The van der Waals surface area contributed by atoms with Gasteiger partial charge in [-0.1, -0.05) is 6.92 Å². The molecular weight excluding hydrogens is 151 g/mol. The van der Waals surface area contributed by atoms with Gasteiger partial charge in [0.05, 0.1) is 6.67 Å². The molecule has 0 aromatic rings. The molecule has 0 aliphatic carbocycles. The predicted molar refractivity (Wildman–Crippen MR) is 44.2 cm³/mol. The molecule has 0 aliphatic rings. The van der Waals surface area contributed by atoms with Crippen LogP contribution in [-0.4, -0.2) is 29.9 Å². The zero-order chi connectivity index (χ0) is 7.82. The lowest BCUT2D eigenvalue weighted by atomic mass is 10.2. The van der Waals surface area contributed by atoms with Crippen LogP contribution in [0.5, 0.6) is 0 Å². The molecule has 1 unspecified atom stereocenters. The minimum Gasteiger partial charge on any atom is -0.396 e. The fraction of sp³-hybridized carbons (Fsp3) is 1.00. The van der Waals surface area contributed by atoms with Crippen molar-refractivity contribution in [2.24, 2.45) is 5.92 Å². The Kier molecular flexibility index (Phi) is 7.52. The molecule has 0 saturated heterocycles. The van der Waals surface area contributed by atoms with Crippen LogP contribution in [0.2, 0.25) is 0 Å². The van der Waals surface area contributed by atoms with Gasteiger partial charge in [0.1, 0.15) is 0 Å². The van der Waals surface area contributed by atoms with Crippen LogP contribution in [-0.2, 0) is 0 Å². The van der Waals surface area contributed by atoms with Crippen LogP contribution in [0.1, 0.15) is 13.3 Å². The number of thioether (sulfide) groups is 1. The molecule has 0 aromatic heterocycles. The number of alkyl halides is 1. The van der Waals surface area contributed by atoms with Crippen molar-refractivity contribution in [2.75, 3.05) is 24.8 Å². The van der Waals surface area contributed by atoms with E-state index in [0.29, 0.717) is 12.3 Å². The van der Waals surface area contributed by atoms with E-state index in [1.54, 1.807) is 11.8 Å². The molecule has 62 valence electrons. The molecule has 1 nitrogen and oxygen atoms in total. The number of rotatable bonds is 6. The van der Waals surface area contributed by atoms with E-state index < -0.39 is 0 Å². The monoisotopic (exact) mass is 166 g/mol. The highest BCUT2D eigenvalue weighted by molar-refractivity contribution is 7.99. The molecule has 0 aliphatic heterocycles. The molecule has 1 atom stereocenters. The van der Waals surface area contributed by atoms with Crippen LogP contribution in [0.4, 0.5) is 4.39 Å². The molecule has 0 heterocycles. The Hall–Kier alpha value is 0.240. The summed E-state index contributed by atoms with van der Waals surface area (Å²) >= 11 is 1.71. The summed E-state index contributed by atoms with van der Waals surface area (Å²) in [5.41, 5.74) is 0. The smallest absolute Gasteiger partial charge is 0.0902 e. The van der Waals surface area contributed by atoms with Gasteiger partial charge in [0.25, 0.3) is 0 Å². The molecule has 0 aromatic carbocycles. The highest BCUT2D eigenvalue weighted by Crippen LogP contribution is 2.08. The van der Waals surface area contributed by atoms with Gasteiger partial charge in [-0.05, 0) is 23.8 Å². The lowest BCUT2D eigenvalue weighted by Gasteiger charge is -2.05. The van der Waals surface area contributed by atoms with Crippen molar-refractivity contribution in [2.45, 2.75) is 13.3 Å². The van der Waals surface area contributed by atoms with Crippen molar-refractivity contribution < 1.29 is 9.50 Å². The van der Waals surface area contributed by atoms with Crippen LogP contribution >= 0.6 is 11.8 Å². The Morgan fingerprint density at radius 3 is 2.80 bits per heavy atom. The molecule has 0 rings (SSSR count). The average Bonchev–Trinajstić information content (AvgIpc) is 1.98. The van der Waals surface area contributed by atoms with Crippen LogP contribution in [0.3, 0.4) is 0 Å². The molecule has 0 saturated carbocycles. The summed E-state index contributed by atoms with van der Waals surface area (Å²) in [4.78, 5) is 0. The van der Waals surface area contributed by atoms with Crippen molar-refractivity contribution in [3.63, 3.8) is 0 Å². The van der Waals surface area contributed by atoms with Crippen LogP contribution < -0.4 is 0 Å². The zero-order valence-corrected chi connectivity index (χ0v) is 7.16. The summed E-state index contributed by atoms with van der Waals surface area (Å²) < 4.78 is 11.5. The van der Waals surface area contributed by atoms with E-state index in [1.165, 1.54) is 0 Å². The minimum absolute atomic E-state index is 0.222. The number of hydrogen-bond acceptors (Lipinski definition) is 2. The van der Waals surface area contributed by atoms with Crippen LogP contribution in [0.25, 0.3) is 0 Å². The van der Waals surface area contributed by atoms with Crippen LogP contribution in [0.15, 0.2) is 0 Å². The first-order valence-electron chi connectivity index (χ1n) is 3.55. The Labute approximate surface area is 66.0 Å². The molecule has 10 heavy (non-hydrogen) atoms. The Morgan fingerprint density at radius 1 is 1.60 bits per heavy atom. The fourth-order valence-electron chi connectivity index (χ4n) is 0.494. The Morgan fingerprint density at radius 2 is 2.30 bits per heavy atom. The fourth-order valence-corrected chi connectivity index (χ4v) is 1.48. The van der Waals surface area contributed by atoms with Crippen molar-refractivity contribution in [3.05, 3.63) is 0 Å². The molecule has 0 radical (unpaired) electrons. The van der Waals surface area contributed by atoms with Crippen LogP contribution in [0, 0.1) is 5.92 Å². The van der Waals surface area contributed by atoms with Gasteiger partial charge in [0, 0.05) is 6.61 Å². The molecule has 1 N–H and O–H groups in total. The lowest BCUT2D eigenvalue weighted by molar-refractivity contribution is 0.250. The first-order chi connectivity index (χ1) is 4.81. The summed E-state index contributed by atoms with van der Waals surface area (Å²) in [5, 5.41) is 8.60. The van der Waals surface area contributed by atoms with Gasteiger partial charge in [-0.15, -0.1) is 0 Å². The van der Waals surface area contributed by atoms with Gasteiger partial charge < -0.3 is 5.11 Å². The van der Waals surface area contributed by atoms with E-state index in [9.17, 15) is 4.39 Å². The summed E-state index contributed by atoms with van der Waals surface area (Å²) in [6.07, 6.45) is 0.642. The third kappa shape index (κ3) is 6.36. The maximum atomic E-state index is 11.5. The van der Waals surface area contributed by atoms with Gasteiger partial charge in [-0.2, -0.15) is 11.8 Å². The first-order valence-corrected chi connectivity index (χ1v) is 4.71. The number of aliphatic hydroxyl groups is 1. The van der Waals surface area contributed by atoms with E-state index >= 15 is 0 Å². The highest BCUT2D eigenvalue weighted by atomic mass is 32.2. The maximum absolute atomic E-state index is 11.5. The van der Waals surface area contributed by atoms with E-state index in [-0.39, 0.29) is 13.3 Å². The molecule has 3 heteroatoms. The Bertz CT molecular complexity index is 70.6. The van der Waals surface area contributed by atoms with Crippen molar-refractivity contribution in [1.82, 2.24) is 0 Å². The molecule has 0 bridgehead atoms.